The highest BCUT2D eigenvalue weighted by Crippen LogP contribution is 2.20. The first-order valence-corrected chi connectivity index (χ1v) is 6.51. The SMILES string of the molecule is COC(=O)Cc1csc(NC2CCN(C)C2=O)n1. The number of aromatic nitrogens is 1. The van der Waals surface area contributed by atoms with Crippen LogP contribution in [0.1, 0.15) is 12.1 Å². The second-order valence-electron chi connectivity index (χ2n) is 4.14. The zero-order valence-electron chi connectivity index (χ0n) is 10.3. The molecule has 2 heterocycles. The maximum absolute atomic E-state index is 11.7. The molecule has 1 fully saturated rings. The van der Waals surface area contributed by atoms with Crippen molar-refractivity contribution >= 4 is 28.3 Å². The highest BCUT2D eigenvalue weighted by atomic mass is 32.1. The maximum Gasteiger partial charge on any atom is 0.311 e. The third kappa shape index (κ3) is 2.79. The summed E-state index contributed by atoms with van der Waals surface area (Å²) in [4.78, 5) is 28.8. The van der Waals surface area contributed by atoms with Crippen LogP contribution in [0.3, 0.4) is 0 Å². The van der Waals surface area contributed by atoms with E-state index in [4.69, 9.17) is 0 Å². The molecule has 0 spiro atoms. The molecule has 1 aromatic rings. The number of nitrogens with zero attached hydrogens (tertiary/aromatic N) is 2. The number of methoxy groups -OCH3 is 1. The Morgan fingerprint density at radius 1 is 1.72 bits per heavy atom. The number of carbonyl (C=O) groups excluding carboxylic acids is 2. The highest BCUT2D eigenvalue weighted by Gasteiger charge is 2.29. The van der Waals surface area contributed by atoms with Crippen molar-refractivity contribution in [1.82, 2.24) is 9.88 Å². The van der Waals surface area contributed by atoms with Gasteiger partial charge in [-0.15, -0.1) is 11.3 Å². The summed E-state index contributed by atoms with van der Waals surface area (Å²) in [5, 5.41) is 5.56. The van der Waals surface area contributed by atoms with Gasteiger partial charge in [0.15, 0.2) is 5.13 Å². The minimum Gasteiger partial charge on any atom is -0.469 e. The van der Waals surface area contributed by atoms with E-state index in [0.29, 0.717) is 10.8 Å². The van der Waals surface area contributed by atoms with Crippen LogP contribution in [0, 0.1) is 0 Å². The number of hydrogen-bond acceptors (Lipinski definition) is 6. The third-order valence-electron chi connectivity index (χ3n) is 2.83. The highest BCUT2D eigenvalue weighted by molar-refractivity contribution is 7.13. The lowest BCUT2D eigenvalue weighted by Crippen LogP contribution is -2.30. The molecule has 1 aliphatic heterocycles. The molecule has 6 nitrogen and oxygen atoms in total. The average molecular weight is 269 g/mol. The van der Waals surface area contributed by atoms with Gasteiger partial charge in [-0.1, -0.05) is 0 Å². The van der Waals surface area contributed by atoms with Gasteiger partial charge in [0.2, 0.25) is 5.91 Å². The Balaban J connectivity index is 1.94. The van der Waals surface area contributed by atoms with Crippen LogP contribution in [0.25, 0.3) is 0 Å². The van der Waals surface area contributed by atoms with Crippen molar-refractivity contribution in [3.63, 3.8) is 0 Å². The normalized spacial score (nSPS) is 19.1. The van der Waals surface area contributed by atoms with Crippen molar-refractivity contribution in [2.45, 2.75) is 18.9 Å². The van der Waals surface area contributed by atoms with Crippen molar-refractivity contribution in [3.8, 4) is 0 Å². The Kier molecular flexibility index (Phi) is 3.81. The van der Waals surface area contributed by atoms with E-state index in [9.17, 15) is 9.59 Å². The zero-order valence-corrected chi connectivity index (χ0v) is 11.1. The molecule has 0 saturated carbocycles. The Bertz CT molecular complexity index is 460. The molecule has 1 unspecified atom stereocenters. The summed E-state index contributed by atoms with van der Waals surface area (Å²) in [7, 11) is 3.13. The fraction of sp³-hybridized carbons (Fsp3) is 0.545. The van der Waals surface area contributed by atoms with E-state index in [1.165, 1.54) is 18.4 Å². The van der Waals surface area contributed by atoms with Gasteiger partial charge in [0.1, 0.15) is 6.04 Å². The van der Waals surface area contributed by atoms with Gasteiger partial charge in [-0.2, -0.15) is 0 Å². The molecule has 1 aromatic heterocycles. The van der Waals surface area contributed by atoms with E-state index in [2.05, 4.69) is 15.0 Å². The number of thiazole rings is 1. The number of carbonyl (C=O) groups is 2. The number of nitrogens with one attached hydrogen (secondary N) is 1. The van der Waals surface area contributed by atoms with E-state index in [1.807, 2.05) is 0 Å². The molecule has 0 aliphatic carbocycles. The minimum atomic E-state index is -0.316. The fourth-order valence-corrected chi connectivity index (χ4v) is 2.54. The number of likely N-dealkylation sites (N-methyl/N-ethyl adjacent to an activating group) is 1. The number of rotatable bonds is 4. The number of likely N-dealkylation sites (tertiary alicyclic amines) is 1. The van der Waals surface area contributed by atoms with Crippen molar-refractivity contribution in [2.24, 2.45) is 0 Å². The predicted molar refractivity (Wildman–Crippen MR) is 67.5 cm³/mol. The largest absolute Gasteiger partial charge is 0.469 e. The Hall–Kier alpha value is -1.63. The summed E-state index contributed by atoms with van der Waals surface area (Å²) in [6, 6.07) is -0.202. The molecule has 1 atom stereocenters. The van der Waals surface area contributed by atoms with Crippen LogP contribution in [-0.2, 0) is 20.7 Å². The first-order chi connectivity index (χ1) is 8.60. The molecular weight excluding hydrogens is 254 g/mol. The van der Waals surface area contributed by atoms with Crippen molar-refractivity contribution in [3.05, 3.63) is 11.1 Å². The van der Waals surface area contributed by atoms with Crippen LogP contribution in [-0.4, -0.2) is 48.5 Å². The lowest BCUT2D eigenvalue weighted by Gasteiger charge is -2.10. The van der Waals surface area contributed by atoms with Gasteiger partial charge in [0.25, 0.3) is 0 Å². The molecule has 0 radical (unpaired) electrons. The van der Waals surface area contributed by atoms with Crippen molar-refractivity contribution in [2.75, 3.05) is 26.0 Å². The van der Waals surface area contributed by atoms with Gasteiger partial charge >= 0.3 is 5.97 Å². The van der Waals surface area contributed by atoms with Crippen LogP contribution in [0.2, 0.25) is 0 Å². The topological polar surface area (TPSA) is 71.5 Å². The molecule has 18 heavy (non-hydrogen) atoms. The van der Waals surface area contributed by atoms with Gasteiger partial charge in [0, 0.05) is 19.0 Å². The zero-order chi connectivity index (χ0) is 13.1. The van der Waals surface area contributed by atoms with Crippen molar-refractivity contribution in [1.29, 1.82) is 0 Å². The first-order valence-electron chi connectivity index (χ1n) is 5.63. The average Bonchev–Trinajstić information content (AvgIpc) is 2.91. The Morgan fingerprint density at radius 2 is 2.50 bits per heavy atom. The first kappa shape index (κ1) is 12.8. The van der Waals surface area contributed by atoms with Gasteiger partial charge in [0.05, 0.1) is 19.2 Å². The van der Waals surface area contributed by atoms with E-state index < -0.39 is 0 Å². The van der Waals surface area contributed by atoms with E-state index in [1.54, 1.807) is 17.3 Å². The molecule has 1 amide bonds. The fourth-order valence-electron chi connectivity index (χ4n) is 1.78. The lowest BCUT2D eigenvalue weighted by molar-refractivity contribution is -0.139. The Labute approximate surface area is 109 Å². The Morgan fingerprint density at radius 3 is 3.11 bits per heavy atom. The summed E-state index contributed by atoms with van der Waals surface area (Å²) in [6.45, 7) is 0.761. The van der Waals surface area contributed by atoms with E-state index in [0.717, 1.165) is 13.0 Å². The second kappa shape index (κ2) is 5.34. The quantitative estimate of drug-likeness (QED) is 0.806. The van der Waals surface area contributed by atoms with Gasteiger partial charge in [-0.25, -0.2) is 4.98 Å². The monoisotopic (exact) mass is 269 g/mol. The molecule has 2 rings (SSSR count). The molecule has 7 heteroatoms. The summed E-state index contributed by atoms with van der Waals surface area (Å²) in [5.74, 6) is -0.233. The van der Waals surface area contributed by atoms with Crippen LogP contribution < -0.4 is 5.32 Å². The van der Waals surface area contributed by atoms with Crippen LogP contribution in [0.5, 0.6) is 0 Å². The number of amides is 1. The smallest absolute Gasteiger partial charge is 0.311 e. The van der Waals surface area contributed by atoms with Gasteiger partial charge in [-0.05, 0) is 6.42 Å². The maximum atomic E-state index is 11.7. The molecule has 0 aromatic carbocycles. The standard InChI is InChI=1S/C11H15N3O3S/c1-14-4-3-8(10(14)16)13-11-12-7(6-18-11)5-9(15)17-2/h6,8H,3-5H2,1-2H3,(H,12,13). The summed E-state index contributed by atoms with van der Waals surface area (Å²) < 4.78 is 4.57. The lowest BCUT2D eigenvalue weighted by atomic mass is 10.2. The number of hydrogen-bond donors (Lipinski definition) is 1. The van der Waals surface area contributed by atoms with Crippen LogP contribution in [0.4, 0.5) is 5.13 Å². The van der Waals surface area contributed by atoms with Gasteiger partial charge in [-0.3, -0.25) is 9.59 Å². The van der Waals surface area contributed by atoms with E-state index >= 15 is 0 Å². The van der Waals surface area contributed by atoms with E-state index in [-0.39, 0.29) is 24.3 Å². The van der Waals surface area contributed by atoms with Crippen molar-refractivity contribution < 1.29 is 14.3 Å². The second-order valence-corrected chi connectivity index (χ2v) is 5.00. The minimum absolute atomic E-state index is 0.0831. The number of anilines is 1. The number of esters is 1. The summed E-state index contributed by atoms with van der Waals surface area (Å²) in [5.41, 5.74) is 0.660. The summed E-state index contributed by atoms with van der Waals surface area (Å²) >= 11 is 1.39. The molecule has 1 aliphatic rings. The summed E-state index contributed by atoms with van der Waals surface area (Å²) in [6.07, 6.45) is 0.939. The third-order valence-corrected chi connectivity index (χ3v) is 3.65. The van der Waals surface area contributed by atoms with Crippen LogP contribution >= 0.6 is 11.3 Å². The predicted octanol–water partition coefficient (Wildman–Crippen LogP) is 0.501. The molecule has 1 saturated heterocycles. The van der Waals surface area contributed by atoms with Crippen LogP contribution in [0.15, 0.2) is 5.38 Å². The molecular formula is C11H15N3O3S. The molecule has 98 valence electrons. The molecule has 1 N–H and O–H groups in total. The van der Waals surface area contributed by atoms with Gasteiger partial charge < -0.3 is 15.0 Å². The molecule has 0 bridgehead atoms. The number of ether oxygens (including phenoxy) is 1.